The average molecular weight is 539 g/mol. The quantitative estimate of drug-likeness (QED) is 0.251. The molecule has 9 nitrogen and oxygen atoms in total. The summed E-state index contributed by atoms with van der Waals surface area (Å²) in [6, 6.07) is 12.7. The number of phenols is 4. The van der Waals surface area contributed by atoms with Crippen molar-refractivity contribution in [3.8, 4) is 28.7 Å². The topological polar surface area (TPSA) is 162 Å². The third kappa shape index (κ3) is 3.37. The first-order valence-electron chi connectivity index (χ1n) is 12.3. The summed E-state index contributed by atoms with van der Waals surface area (Å²) in [5.74, 6) is -5.87. The molecular weight excluding hydrogens is 516 g/mol. The molecule has 0 unspecified atom stereocenters. The van der Waals surface area contributed by atoms with E-state index in [0.717, 1.165) is 6.07 Å². The van der Waals surface area contributed by atoms with Gasteiger partial charge in [0.2, 0.25) is 11.6 Å². The first-order valence-corrected chi connectivity index (χ1v) is 12.3. The van der Waals surface area contributed by atoms with Crippen LogP contribution in [0.2, 0.25) is 0 Å². The number of carboxylic acid groups (broad SMARTS) is 1. The second kappa shape index (κ2) is 8.60. The number of phenolic OH excluding ortho intramolecular Hbond substituents is 4. The van der Waals surface area contributed by atoms with Crippen LogP contribution in [0.15, 0.2) is 54.6 Å². The lowest BCUT2D eigenvalue weighted by molar-refractivity contribution is 0.0695. The number of aromatic carboxylic acids is 1. The van der Waals surface area contributed by atoms with Crippen LogP contribution in [-0.4, -0.2) is 50.2 Å². The number of carboxylic acids is 1. The van der Waals surface area contributed by atoms with Crippen molar-refractivity contribution < 1.29 is 44.7 Å². The molecule has 5 N–H and O–H groups in total. The molecule has 0 aromatic heterocycles. The minimum absolute atomic E-state index is 0.0534. The van der Waals surface area contributed by atoms with Gasteiger partial charge in [0, 0.05) is 17.9 Å². The number of ketones is 2. The van der Waals surface area contributed by atoms with E-state index in [-0.39, 0.29) is 56.4 Å². The molecule has 0 aliphatic heterocycles. The van der Waals surface area contributed by atoms with Gasteiger partial charge in [0.15, 0.2) is 0 Å². The van der Waals surface area contributed by atoms with E-state index in [9.17, 15) is 39.9 Å². The summed E-state index contributed by atoms with van der Waals surface area (Å²) >= 11 is 0. The summed E-state index contributed by atoms with van der Waals surface area (Å²) in [7, 11) is 1.39. The Morgan fingerprint density at radius 3 is 1.82 bits per heavy atom. The fourth-order valence-electron chi connectivity index (χ4n) is 6.15. The third-order valence-corrected chi connectivity index (χ3v) is 7.70. The molecular formula is C31H22O9. The SMILES string of the molecule is COc1cc(O)c2c(c1)[C@@H]([C@H]1c3cccc(O)c3C(=O)c3c(O)cc(C(=O)O)cc31)c1cc(C)cc(O)c1C2=O. The van der Waals surface area contributed by atoms with Crippen LogP contribution >= 0.6 is 0 Å². The third-order valence-electron chi connectivity index (χ3n) is 7.70. The highest BCUT2D eigenvalue weighted by molar-refractivity contribution is 6.18. The van der Waals surface area contributed by atoms with Crippen molar-refractivity contribution >= 4 is 17.5 Å². The molecule has 9 heteroatoms. The molecule has 0 amide bonds. The van der Waals surface area contributed by atoms with Crippen molar-refractivity contribution in [1.29, 1.82) is 0 Å². The summed E-state index contributed by atoms with van der Waals surface area (Å²) in [5, 5.41) is 53.4. The van der Waals surface area contributed by atoms with E-state index in [4.69, 9.17) is 4.74 Å². The summed E-state index contributed by atoms with van der Waals surface area (Å²) < 4.78 is 5.38. The van der Waals surface area contributed by atoms with E-state index in [1.54, 1.807) is 25.1 Å². The largest absolute Gasteiger partial charge is 0.507 e. The minimum atomic E-state index is -1.33. The van der Waals surface area contributed by atoms with E-state index < -0.39 is 35.1 Å². The molecule has 0 fully saturated rings. The fourth-order valence-corrected chi connectivity index (χ4v) is 6.15. The minimum Gasteiger partial charge on any atom is -0.507 e. The van der Waals surface area contributed by atoms with E-state index in [1.165, 1.54) is 37.4 Å². The summed E-state index contributed by atoms with van der Waals surface area (Å²) in [6.45, 7) is 1.73. The standard InChI is InChI=1S/C31H22O9/c1-12-6-16-24(18-10-14(40-2)11-22(35)28(18)30(37)26(16)20(33)7-12)23-15-4-3-5-19(32)25(15)29(36)27-17(23)8-13(31(38)39)9-21(27)34/h3-11,23-24,32-35H,1-2H3,(H,38,39)/t23-,24-/m0/s1. The zero-order valence-corrected chi connectivity index (χ0v) is 21.2. The van der Waals surface area contributed by atoms with Gasteiger partial charge in [0.1, 0.15) is 28.7 Å². The zero-order chi connectivity index (χ0) is 28.6. The zero-order valence-electron chi connectivity index (χ0n) is 21.2. The van der Waals surface area contributed by atoms with Crippen LogP contribution in [-0.2, 0) is 0 Å². The number of methoxy groups -OCH3 is 1. The molecule has 2 aliphatic carbocycles. The highest BCUT2D eigenvalue weighted by atomic mass is 16.5. The van der Waals surface area contributed by atoms with Gasteiger partial charge in [0.05, 0.1) is 34.9 Å². The van der Waals surface area contributed by atoms with Crippen LogP contribution in [0.3, 0.4) is 0 Å². The van der Waals surface area contributed by atoms with Crippen molar-refractivity contribution in [2.24, 2.45) is 0 Å². The van der Waals surface area contributed by atoms with Gasteiger partial charge in [-0.05, 0) is 65.1 Å². The molecule has 0 spiro atoms. The van der Waals surface area contributed by atoms with Gasteiger partial charge in [-0.3, -0.25) is 9.59 Å². The predicted molar refractivity (Wildman–Crippen MR) is 141 cm³/mol. The normalized spacial score (nSPS) is 16.9. The number of rotatable bonds is 3. The number of fused-ring (bicyclic) bond motifs is 4. The summed E-state index contributed by atoms with van der Waals surface area (Å²) in [4.78, 5) is 39.4. The molecule has 0 saturated heterocycles. The van der Waals surface area contributed by atoms with E-state index in [2.05, 4.69) is 0 Å². The number of hydrogen-bond donors (Lipinski definition) is 5. The second-order valence-corrected chi connectivity index (χ2v) is 9.98. The Bertz CT molecular complexity index is 1820. The van der Waals surface area contributed by atoms with Crippen LogP contribution < -0.4 is 4.74 Å². The lowest BCUT2D eigenvalue weighted by atomic mass is 9.63. The van der Waals surface area contributed by atoms with E-state index in [1.807, 2.05) is 0 Å². The molecule has 6 rings (SSSR count). The monoisotopic (exact) mass is 538 g/mol. The molecule has 4 aromatic carbocycles. The maximum absolute atomic E-state index is 13.7. The van der Waals surface area contributed by atoms with Crippen LogP contribution in [0.4, 0.5) is 0 Å². The number of carbonyl (C=O) groups is 3. The Hall–Kier alpha value is -5.31. The number of aromatic hydroxyl groups is 4. The first kappa shape index (κ1) is 25.0. The smallest absolute Gasteiger partial charge is 0.335 e. The maximum Gasteiger partial charge on any atom is 0.335 e. The van der Waals surface area contributed by atoms with Gasteiger partial charge in [0.25, 0.3) is 0 Å². The fraction of sp³-hybridized carbons (Fsp3) is 0.129. The molecule has 200 valence electrons. The van der Waals surface area contributed by atoms with Crippen LogP contribution in [0, 0.1) is 6.92 Å². The van der Waals surface area contributed by atoms with Crippen molar-refractivity contribution in [2.75, 3.05) is 7.11 Å². The van der Waals surface area contributed by atoms with Gasteiger partial charge in [-0.15, -0.1) is 0 Å². The predicted octanol–water partition coefficient (Wildman–Crippen LogP) is 4.58. The van der Waals surface area contributed by atoms with E-state index >= 15 is 0 Å². The van der Waals surface area contributed by atoms with Gasteiger partial charge >= 0.3 is 5.97 Å². The van der Waals surface area contributed by atoms with Crippen molar-refractivity contribution in [3.63, 3.8) is 0 Å². The summed E-state index contributed by atoms with van der Waals surface area (Å²) in [6.07, 6.45) is 0. The molecule has 2 atom stereocenters. The molecule has 0 radical (unpaired) electrons. The highest BCUT2D eigenvalue weighted by Crippen LogP contribution is 2.56. The Morgan fingerprint density at radius 2 is 1.20 bits per heavy atom. The maximum atomic E-state index is 13.7. The van der Waals surface area contributed by atoms with Crippen LogP contribution in [0.25, 0.3) is 0 Å². The number of carbonyl (C=O) groups excluding carboxylic acids is 2. The van der Waals surface area contributed by atoms with Gasteiger partial charge in [-0.25, -0.2) is 4.79 Å². The first-order chi connectivity index (χ1) is 19.0. The molecule has 40 heavy (non-hydrogen) atoms. The molecule has 2 aliphatic rings. The molecule has 0 bridgehead atoms. The van der Waals surface area contributed by atoms with E-state index in [0.29, 0.717) is 22.3 Å². The number of ether oxygens (including phenoxy) is 1. The Labute approximate surface area is 227 Å². The lowest BCUT2D eigenvalue weighted by Gasteiger charge is -2.38. The van der Waals surface area contributed by atoms with Crippen molar-refractivity contribution in [3.05, 3.63) is 110 Å². The van der Waals surface area contributed by atoms with Crippen LogP contribution in [0.1, 0.15) is 81.9 Å². The number of aryl methyl sites for hydroxylation is 1. The Balaban J connectivity index is 1.80. The Kier molecular flexibility index (Phi) is 5.38. The lowest BCUT2D eigenvalue weighted by Crippen LogP contribution is -2.30. The van der Waals surface area contributed by atoms with Crippen molar-refractivity contribution in [2.45, 2.75) is 18.8 Å². The highest BCUT2D eigenvalue weighted by Gasteiger charge is 2.46. The Morgan fingerprint density at radius 1 is 0.675 bits per heavy atom. The number of hydrogen-bond acceptors (Lipinski definition) is 8. The second-order valence-electron chi connectivity index (χ2n) is 9.98. The summed E-state index contributed by atoms with van der Waals surface area (Å²) in [5.41, 5.74) is 1.08. The van der Waals surface area contributed by atoms with Gasteiger partial charge in [-0.2, -0.15) is 0 Å². The van der Waals surface area contributed by atoms with Crippen molar-refractivity contribution in [1.82, 2.24) is 0 Å². The van der Waals surface area contributed by atoms with Gasteiger partial charge in [-0.1, -0.05) is 18.2 Å². The van der Waals surface area contributed by atoms with Gasteiger partial charge < -0.3 is 30.3 Å². The number of benzene rings is 4. The molecule has 0 saturated carbocycles. The van der Waals surface area contributed by atoms with Crippen LogP contribution in [0.5, 0.6) is 28.7 Å². The average Bonchev–Trinajstić information content (AvgIpc) is 2.88. The molecule has 4 aromatic rings. The molecule has 0 heterocycles.